The van der Waals surface area contributed by atoms with Gasteiger partial charge in [0.2, 0.25) is 0 Å². The van der Waals surface area contributed by atoms with E-state index in [4.69, 9.17) is 4.74 Å². The van der Waals surface area contributed by atoms with Gasteiger partial charge in [0.15, 0.2) is 0 Å². The molecule has 2 amide bonds. The summed E-state index contributed by atoms with van der Waals surface area (Å²) >= 11 is 1.42. The van der Waals surface area contributed by atoms with Gasteiger partial charge in [-0.25, -0.2) is 0 Å². The van der Waals surface area contributed by atoms with Crippen LogP contribution in [0.3, 0.4) is 0 Å². The highest BCUT2D eigenvalue weighted by molar-refractivity contribution is 7.12. The van der Waals surface area contributed by atoms with Crippen molar-refractivity contribution in [3.63, 3.8) is 0 Å². The van der Waals surface area contributed by atoms with E-state index in [0.717, 1.165) is 31.9 Å². The highest BCUT2D eigenvalue weighted by Crippen LogP contribution is 2.09. The van der Waals surface area contributed by atoms with Gasteiger partial charge in [0.05, 0.1) is 18.1 Å². The lowest BCUT2D eigenvalue weighted by Crippen LogP contribution is -2.47. The van der Waals surface area contributed by atoms with Crippen LogP contribution in [-0.4, -0.2) is 55.6 Å². The molecule has 1 aromatic heterocycles. The molecule has 0 saturated carbocycles. The quantitative estimate of drug-likeness (QED) is 0.764. The van der Waals surface area contributed by atoms with E-state index in [0.29, 0.717) is 23.5 Å². The minimum Gasteiger partial charge on any atom is -0.379 e. The number of thiophene rings is 1. The Morgan fingerprint density at radius 1 is 1.11 bits per heavy atom. The van der Waals surface area contributed by atoms with Crippen molar-refractivity contribution in [2.75, 3.05) is 32.8 Å². The number of nitrogens with one attached hydrogen (secondary N) is 2. The highest BCUT2D eigenvalue weighted by Gasteiger charge is 2.17. The number of hydrogen-bond acceptors (Lipinski definition) is 5. The van der Waals surface area contributed by atoms with Crippen LogP contribution in [0.2, 0.25) is 0 Å². The molecule has 1 aromatic carbocycles. The molecule has 1 atom stereocenters. The maximum absolute atomic E-state index is 12.3. The summed E-state index contributed by atoms with van der Waals surface area (Å²) < 4.78 is 5.36. The maximum atomic E-state index is 12.3. The number of benzene rings is 1. The van der Waals surface area contributed by atoms with Gasteiger partial charge in [0.1, 0.15) is 0 Å². The summed E-state index contributed by atoms with van der Waals surface area (Å²) in [5, 5.41) is 7.75. The molecule has 2 heterocycles. The Morgan fingerprint density at radius 3 is 2.52 bits per heavy atom. The van der Waals surface area contributed by atoms with Crippen LogP contribution in [0, 0.1) is 0 Å². The second kappa shape index (κ2) is 9.64. The van der Waals surface area contributed by atoms with E-state index in [1.165, 1.54) is 11.3 Å². The van der Waals surface area contributed by atoms with Crippen molar-refractivity contribution in [3.05, 3.63) is 57.8 Å². The van der Waals surface area contributed by atoms with Gasteiger partial charge in [-0.15, -0.1) is 11.3 Å². The van der Waals surface area contributed by atoms with Crippen LogP contribution in [-0.2, 0) is 11.3 Å². The average Bonchev–Trinajstić information content (AvgIpc) is 3.26. The molecule has 1 aliphatic rings. The predicted octanol–water partition coefficient (Wildman–Crippen LogP) is 2.13. The van der Waals surface area contributed by atoms with E-state index >= 15 is 0 Å². The zero-order chi connectivity index (χ0) is 19.1. The van der Waals surface area contributed by atoms with Crippen molar-refractivity contribution in [1.82, 2.24) is 15.5 Å². The monoisotopic (exact) mass is 387 g/mol. The highest BCUT2D eigenvalue weighted by atomic mass is 32.1. The third-order valence-corrected chi connectivity index (χ3v) is 5.51. The maximum Gasteiger partial charge on any atom is 0.261 e. The first-order chi connectivity index (χ1) is 13.1. The van der Waals surface area contributed by atoms with Crippen molar-refractivity contribution in [2.45, 2.75) is 19.5 Å². The Balaban J connectivity index is 1.44. The number of nitrogens with zero attached hydrogens (tertiary/aromatic N) is 1. The minimum atomic E-state index is -0.0797. The standard InChI is InChI=1S/C20H25N3O3S/c1-15(23-8-10-26-11-9-23)13-21-19(24)17-6-4-16(5-7-17)14-22-20(25)18-3-2-12-27-18/h2-7,12,15H,8-11,13-14H2,1H3,(H,21,24)(H,22,25). The Labute approximate surface area is 163 Å². The summed E-state index contributed by atoms with van der Waals surface area (Å²) in [4.78, 5) is 27.3. The first-order valence-electron chi connectivity index (χ1n) is 9.14. The predicted molar refractivity (Wildman–Crippen MR) is 106 cm³/mol. The number of morpholine rings is 1. The van der Waals surface area contributed by atoms with E-state index in [9.17, 15) is 9.59 Å². The van der Waals surface area contributed by atoms with Crippen LogP contribution in [0.5, 0.6) is 0 Å². The largest absolute Gasteiger partial charge is 0.379 e. The zero-order valence-electron chi connectivity index (χ0n) is 15.4. The van der Waals surface area contributed by atoms with E-state index in [1.807, 2.05) is 23.6 Å². The van der Waals surface area contributed by atoms with Crippen molar-refractivity contribution in [3.8, 4) is 0 Å². The molecule has 1 saturated heterocycles. The van der Waals surface area contributed by atoms with Gasteiger partial charge < -0.3 is 15.4 Å². The average molecular weight is 388 g/mol. The van der Waals surface area contributed by atoms with Crippen LogP contribution >= 0.6 is 11.3 Å². The molecule has 6 nitrogen and oxygen atoms in total. The molecule has 3 rings (SSSR count). The third kappa shape index (κ3) is 5.63. The summed E-state index contributed by atoms with van der Waals surface area (Å²) in [6.07, 6.45) is 0. The molecule has 2 aromatic rings. The SMILES string of the molecule is CC(CNC(=O)c1ccc(CNC(=O)c2cccs2)cc1)N1CCOCC1. The Hall–Kier alpha value is -2.22. The summed E-state index contributed by atoms with van der Waals surface area (Å²) in [6.45, 7) is 6.48. The molecule has 1 fully saturated rings. The number of amides is 2. The van der Waals surface area contributed by atoms with E-state index in [2.05, 4.69) is 22.5 Å². The smallest absolute Gasteiger partial charge is 0.261 e. The second-order valence-corrected chi connectivity index (χ2v) is 7.51. The van der Waals surface area contributed by atoms with Crippen molar-refractivity contribution >= 4 is 23.2 Å². The molecule has 0 aliphatic carbocycles. The fourth-order valence-corrected chi connectivity index (χ4v) is 3.58. The van der Waals surface area contributed by atoms with E-state index < -0.39 is 0 Å². The van der Waals surface area contributed by atoms with Crippen LogP contribution < -0.4 is 10.6 Å². The first-order valence-corrected chi connectivity index (χ1v) is 10.0. The molecule has 0 bridgehead atoms. The molecule has 0 radical (unpaired) electrons. The lowest BCUT2D eigenvalue weighted by molar-refractivity contribution is 0.0204. The van der Waals surface area contributed by atoms with Crippen LogP contribution in [0.1, 0.15) is 32.5 Å². The molecule has 27 heavy (non-hydrogen) atoms. The van der Waals surface area contributed by atoms with Crippen molar-refractivity contribution < 1.29 is 14.3 Å². The van der Waals surface area contributed by atoms with Crippen LogP contribution in [0.25, 0.3) is 0 Å². The normalized spacial score (nSPS) is 15.9. The fraction of sp³-hybridized carbons (Fsp3) is 0.400. The number of carbonyl (C=O) groups is 2. The zero-order valence-corrected chi connectivity index (χ0v) is 16.3. The summed E-state index contributed by atoms with van der Waals surface area (Å²) in [5.74, 6) is -0.159. The van der Waals surface area contributed by atoms with Gasteiger partial charge in [-0.2, -0.15) is 0 Å². The first kappa shape index (κ1) is 19.5. The molecule has 144 valence electrons. The molecule has 0 spiro atoms. The van der Waals surface area contributed by atoms with E-state index in [-0.39, 0.29) is 17.9 Å². The number of carbonyl (C=O) groups excluding carboxylic acids is 2. The Kier molecular flexibility index (Phi) is 6.98. The lowest BCUT2D eigenvalue weighted by Gasteiger charge is -2.32. The van der Waals surface area contributed by atoms with Gasteiger partial charge in [-0.05, 0) is 36.1 Å². The molecule has 1 unspecified atom stereocenters. The van der Waals surface area contributed by atoms with Gasteiger partial charge in [-0.3, -0.25) is 14.5 Å². The summed E-state index contributed by atoms with van der Waals surface area (Å²) in [5.41, 5.74) is 1.58. The van der Waals surface area contributed by atoms with E-state index in [1.54, 1.807) is 18.2 Å². The number of rotatable bonds is 7. The molecule has 2 N–H and O–H groups in total. The Morgan fingerprint density at radius 2 is 1.85 bits per heavy atom. The lowest BCUT2D eigenvalue weighted by atomic mass is 10.1. The van der Waals surface area contributed by atoms with Crippen molar-refractivity contribution in [2.24, 2.45) is 0 Å². The minimum absolute atomic E-state index is 0.0794. The molecular formula is C20H25N3O3S. The molecule has 1 aliphatic heterocycles. The number of hydrogen-bond donors (Lipinski definition) is 2. The van der Waals surface area contributed by atoms with Gasteiger partial charge >= 0.3 is 0 Å². The second-order valence-electron chi connectivity index (χ2n) is 6.56. The van der Waals surface area contributed by atoms with Gasteiger partial charge in [-0.1, -0.05) is 18.2 Å². The van der Waals surface area contributed by atoms with Crippen LogP contribution in [0.4, 0.5) is 0 Å². The molecule has 7 heteroatoms. The summed E-state index contributed by atoms with van der Waals surface area (Å²) in [7, 11) is 0. The van der Waals surface area contributed by atoms with Gasteiger partial charge in [0, 0.05) is 37.8 Å². The van der Waals surface area contributed by atoms with Gasteiger partial charge in [0.25, 0.3) is 11.8 Å². The summed E-state index contributed by atoms with van der Waals surface area (Å²) in [6, 6.07) is 11.3. The topological polar surface area (TPSA) is 70.7 Å². The number of ether oxygens (including phenoxy) is 1. The fourth-order valence-electron chi connectivity index (χ4n) is 2.94. The van der Waals surface area contributed by atoms with Crippen LogP contribution in [0.15, 0.2) is 41.8 Å². The van der Waals surface area contributed by atoms with Crippen molar-refractivity contribution in [1.29, 1.82) is 0 Å². The third-order valence-electron chi connectivity index (χ3n) is 4.64. The molecular weight excluding hydrogens is 362 g/mol. The Bertz CT molecular complexity index is 740.